The molecule has 0 aliphatic carbocycles. The van der Waals surface area contributed by atoms with Crippen LogP contribution in [0, 0.1) is 0 Å². The third kappa shape index (κ3) is 2.82. The summed E-state index contributed by atoms with van der Waals surface area (Å²) in [6.07, 6.45) is 2.10. The van der Waals surface area contributed by atoms with Crippen LogP contribution >= 0.6 is 15.9 Å². The number of nitrogens with zero attached hydrogens (tertiary/aromatic N) is 2. The highest BCUT2D eigenvalue weighted by atomic mass is 79.9. The van der Waals surface area contributed by atoms with Gasteiger partial charge in [0.05, 0.1) is 12.8 Å². The van der Waals surface area contributed by atoms with E-state index in [0.717, 1.165) is 33.0 Å². The fourth-order valence-corrected chi connectivity index (χ4v) is 3.48. The van der Waals surface area contributed by atoms with Crippen molar-refractivity contribution in [3.05, 3.63) is 70.6 Å². The number of fused-ring (bicyclic) bond motifs is 1. The molecule has 1 atom stereocenters. The number of anilines is 1. The second kappa shape index (κ2) is 6.37. The minimum Gasteiger partial charge on any atom is -0.496 e. The molecule has 1 aliphatic heterocycles. The lowest BCUT2D eigenvalue weighted by Crippen LogP contribution is -2.25. The van der Waals surface area contributed by atoms with Crippen molar-refractivity contribution in [2.24, 2.45) is 0 Å². The lowest BCUT2D eigenvalue weighted by atomic mass is 9.89. The molecule has 1 amide bonds. The molecular formula is C19H16BrN3O2. The van der Waals surface area contributed by atoms with E-state index >= 15 is 0 Å². The molecule has 1 aliphatic rings. The molecule has 0 radical (unpaired) electrons. The van der Waals surface area contributed by atoms with Crippen LogP contribution in [0.1, 0.15) is 23.6 Å². The van der Waals surface area contributed by atoms with Gasteiger partial charge in [-0.25, -0.2) is 4.98 Å². The first-order valence-electron chi connectivity index (χ1n) is 7.93. The number of hydrogen-bond donors (Lipinski definition) is 1. The SMILES string of the molecule is COc1ccccc1[C@@H]1CC(=O)Nc2c1ncn2-c1ccc(Br)cc1. The molecule has 6 heteroatoms. The number of halogens is 1. The molecule has 0 saturated heterocycles. The summed E-state index contributed by atoms with van der Waals surface area (Å²) in [6.45, 7) is 0. The Hall–Kier alpha value is -2.60. The van der Waals surface area contributed by atoms with Crippen LogP contribution < -0.4 is 10.1 Å². The lowest BCUT2D eigenvalue weighted by Gasteiger charge is -2.24. The van der Waals surface area contributed by atoms with E-state index in [-0.39, 0.29) is 11.8 Å². The minimum absolute atomic E-state index is 0.0257. The number of carbonyl (C=O) groups is 1. The van der Waals surface area contributed by atoms with Crippen molar-refractivity contribution >= 4 is 27.7 Å². The van der Waals surface area contributed by atoms with Crippen molar-refractivity contribution in [2.75, 3.05) is 12.4 Å². The van der Waals surface area contributed by atoms with Crippen molar-refractivity contribution in [3.63, 3.8) is 0 Å². The van der Waals surface area contributed by atoms with E-state index in [9.17, 15) is 4.79 Å². The summed E-state index contributed by atoms with van der Waals surface area (Å²) in [5.74, 6) is 1.33. The molecule has 5 nitrogen and oxygen atoms in total. The number of para-hydroxylation sites is 1. The summed E-state index contributed by atoms with van der Waals surface area (Å²) in [6, 6.07) is 15.7. The largest absolute Gasteiger partial charge is 0.496 e. The summed E-state index contributed by atoms with van der Waals surface area (Å²) < 4.78 is 8.39. The van der Waals surface area contributed by atoms with Crippen molar-refractivity contribution in [2.45, 2.75) is 12.3 Å². The normalized spacial score (nSPS) is 16.2. The van der Waals surface area contributed by atoms with Crippen molar-refractivity contribution in [1.82, 2.24) is 9.55 Å². The molecule has 126 valence electrons. The average Bonchev–Trinajstić information content (AvgIpc) is 3.05. The monoisotopic (exact) mass is 397 g/mol. The third-order valence-corrected chi connectivity index (χ3v) is 4.92. The van der Waals surface area contributed by atoms with Crippen LogP contribution in [0.2, 0.25) is 0 Å². The van der Waals surface area contributed by atoms with Gasteiger partial charge in [-0.3, -0.25) is 9.36 Å². The third-order valence-electron chi connectivity index (χ3n) is 4.39. The number of hydrogen-bond acceptors (Lipinski definition) is 3. The highest BCUT2D eigenvalue weighted by molar-refractivity contribution is 9.10. The Morgan fingerprint density at radius 1 is 1.20 bits per heavy atom. The van der Waals surface area contributed by atoms with Crippen LogP contribution in [0.3, 0.4) is 0 Å². The molecule has 0 spiro atoms. The molecule has 2 heterocycles. The molecule has 2 aromatic carbocycles. The topological polar surface area (TPSA) is 56.1 Å². The van der Waals surface area contributed by atoms with Gasteiger partial charge >= 0.3 is 0 Å². The van der Waals surface area contributed by atoms with E-state index in [1.54, 1.807) is 13.4 Å². The first-order valence-corrected chi connectivity index (χ1v) is 8.72. The molecule has 1 N–H and O–H groups in total. The minimum atomic E-state index is -0.128. The number of amides is 1. The van der Waals surface area contributed by atoms with Gasteiger partial charge < -0.3 is 10.1 Å². The second-order valence-corrected chi connectivity index (χ2v) is 6.79. The number of ether oxygens (including phenoxy) is 1. The van der Waals surface area contributed by atoms with Gasteiger partial charge in [0.2, 0.25) is 5.91 Å². The number of imidazole rings is 1. The van der Waals surface area contributed by atoms with Gasteiger partial charge in [-0.15, -0.1) is 0 Å². The first kappa shape index (κ1) is 15.9. The highest BCUT2D eigenvalue weighted by Crippen LogP contribution is 2.40. The van der Waals surface area contributed by atoms with Crippen LogP contribution in [0.4, 0.5) is 5.82 Å². The fraction of sp³-hybridized carbons (Fsp3) is 0.158. The van der Waals surface area contributed by atoms with Crippen molar-refractivity contribution in [1.29, 1.82) is 0 Å². The van der Waals surface area contributed by atoms with Gasteiger partial charge in [0, 0.05) is 28.1 Å². The number of benzene rings is 2. The maximum Gasteiger partial charge on any atom is 0.226 e. The first-order chi connectivity index (χ1) is 12.2. The van der Waals surface area contributed by atoms with Crippen LogP contribution in [-0.2, 0) is 4.79 Å². The van der Waals surface area contributed by atoms with E-state index < -0.39 is 0 Å². The van der Waals surface area contributed by atoms with Crippen LogP contribution in [0.5, 0.6) is 5.75 Å². The molecule has 0 fully saturated rings. The quantitative estimate of drug-likeness (QED) is 0.722. The van der Waals surface area contributed by atoms with Crippen LogP contribution in [0.15, 0.2) is 59.3 Å². The number of rotatable bonds is 3. The predicted molar refractivity (Wildman–Crippen MR) is 99.3 cm³/mol. The standard InChI is InChI=1S/C19H16BrN3O2/c1-25-16-5-3-2-4-14(16)15-10-17(24)22-19-18(15)21-11-23(19)13-8-6-12(20)7-9-13/h2-9,11,15H,10H2,1H3,(H,22,24)/t15-/m0/s1. The molecule has 0 unspecified atom stereocenters. The van der Waals surface area contributed by atoms with E-state index in [1.807, 2.05) is 53.1 Å². The number of nitrogens with one attached hydrogen (secondary N) is 1. The fourth-order valence-electron chi connectivity index (χ4n) is 3.22. The summed E-state index contributed by atoms with van der Waals surface area (Å²) in [5.41, 5.74) is 2.77. The summed E-state index contributed by atoms with van der Waals surface area (Å²) in [4.78, 5) is 16.9. The van der Waals surface area contributed by atoms with Crippen molar-refractivity contribution < 1.29 is 9.53 Å². The van der Waals surface area contributed by atoms with Gasteiger partial charge in [-0.2, -0.15) is 0 Å². The Bertz CT molecular complexity index is 934. The molecule has 3 aromatic rings. The van der Waals surface area contributed by atoms with E-state index in [2.05, 4.69) is 26.2 Å². The van der Waals surface area contributed by atoms with Gasteiger partial charge in [0.1, 0.15) is 17.9 Å². The maximum atomic E-state index is 12.3. The summed E-state index contributed by atoms with van der Waals surface area (Å²) >= 11 is 3.44. The van der Waals surface area contributed by atoms with Gasteiger partial charge in [0.15, 0.2) is 0 Å². The van der Waals surface area contributed by atoms with Gasteiger partial charge in [-0.1, -0.05) is 34.1 Å². The molecule has 25 heavy (non-hydrogen) atoms. The average molecular weight is 398 g/mol. The van der Waals surface area contributed by atoms with E-state index in [0.29, 0.717) is 6.42 Å². The number of methoxy groups -OCH3 is 1. The Labute approximate surface area is 153 Å². The highest BCUT2D eigenvalue weighted by Gasteiger charge is 2.32. The molecular weight excluding hydrogens is 382 g/mol. The van der Waals surface area contributed by atoms with Gasteiger partial charge in [0.25, 0.3) is 0 Å². The van der Waals surface area contributed by atoms with E-state index in [4.69, 9.17) is 4.74 Å². The Balaban J connectivity index is 1.83. The second-order valence-electron chi connectivity index (χ2n) is 5.87. The zero-order valence-corrected chi connectivity index (χ0v) is 15.2. The number of carbonyl (C=O) groups excluding carboxylic acids is 1. The molecule has 0 saturated carbocycles. The summed E-state index contributed by atoms with van der Waals surface area (Å²) in [7, 11) is 1.64. The predicted octanol–water partition coefficient (Wildman–Crippen LogP) is 4.12. The van der Waals surface area contributed by atoms with Crippen LogP contribution in [0.25, 0.3) is 5.69 Å². The molecule has 0 bridgehead atoms. The smallest absolute Gasteiger partial charge is 0.226 e. The zero-order valence-electron chi connectivity index (χ0n) is 13.6. The number of aromatic nitrogens is 2. The van der Waals surface area contributed by atoms with Crippen molar-refractivity contribution in [3.8, 4) is 11.4 Å². The lowest BCUT2D eigenvalue weighted by molar-refractivity contribution is -0.116. The Kier molecular flexibility index (Phi) is 4.05. The summed E-state index contributed by atoms with van der Waals surface area (Å²) in [5, 5.41) is 2.97. The molecule has 1 aromatic heterocycles. The molecule has 4 rings (SSSR count). The maximum absolute atomic E-state index is 12.3. The van der Waals surface area contributed by atoms with Crippen LogP contribution in [-0.4, -0.2) is 22.6 Å². The Morgan fingerprint density at radius 2 is 1.96 bits per heavy atom. The van der Waals surface area contributed by atoms with Gasteiger partial charge in [-0.05, 0) is 30.3 Å². The zero-order chi connectivity index (χ0) is 17.4. The van der Waals surface area contributed by atoms with E-state index in [1.165, 1.54) is 0 Å². The Morgan fingerprint density at radius 3 is 2.72 bits per heavy atom.